The summed E-state index contributed by atoms with van der Waals surface area (Å²) in [6, 6.07) is 1.98. The summed E-state index contributed by atoms with van der Waals surface area (Å²) in [5.41, 5.74) is 9.39. The minimum Gasteiger partial charge on any atom is -0.369 e. The minimum atomic E-state index is 0.277. The zero-order valence-corrected chi connectivity index (χ0v) is 12.6. The first-order valence-corrected chi connectivity index (χ1v) is 7.24. The number of pyridine rings is 1. The summed E-state index contributed by atoms with van der Waals surface area (Å²) in [5.74, 6) is 0.585. The Bertz CT molecular complexity index is 622. The summed E-state index contributed by atoms with van der Waals surface area (Å²) in [6.45, 7) is 7.60. The molecule has 0 saturated carbocycles. The van der Waals surface area contributed by atoms with Crippen molar-refractivity contribution in [1.82, 2.24) is 19.4 Å². The second-order valence-electron chi connectivity index (χ2n) is 6.47. The number of anilines is 1. The van der Waals surface area contributed by atoms with Gasteiger partial charge in [-0.2, -0.15) is 0 Å². The van der Waals surface area contributed by atoms with Crippen LogP contribution in [0.5, 0.6) is 0 Å². The molecule has 0 spiro atoms. The average molecular weight is 273 g/mol. The maximum absolute atomic E-state index is 6.13. The van der Waals surface area contributed by atoms with E-state index in [1.54, 1.807) is 0 Å². The highest BCUT2D eigenvalue weighted by Crippen LogP contribution is 2.34. The van der Waals surface area contributed by atoms with Crippen molar-refractivity contribution >= 4 is 17.1 Å². The summed E-state index contributed by atoms with van der Waals surface area (Å²) >= 11 is 0. The number of hydrogen-bond acceptors (Lipinski definition) is 4. The van der Waals surface area contributed by atoms with E-state index in [4.69, 9.17) is 5.73 Å². The van der Waals surface area contributed by atoms with E-state index in [1.807, 2.05) is 12.3 Å². The van der Waals surface area contributed by atoms with Crippen LogP contribution in [0.2, 0.25) is 0 Å². The molecule has 1 aliphatic heterocycles. The van der Waals surface area contributed by atoms with Crippen LogP contribution in [-0.2, 0) is 6.54 Å². The lowest BCUT2D eigenvalue weighted by Crippen LogP contribution is -2.38. The lowest BCUT2D eigenvalue weighted by atomic mass is 9.80. The second kappa shape index (κ2) is 4.74. The number of piperidine rings is 1. The van der Waals surface area contributed by atoms with E-state index in [0.29, 0.717) is 5.95 Å². The van der Waals surface area contributed by atoms with Gasteiger partial charge in [-0.05, 0) is 56.9 Å². The molecule has 1 fully saturated rings. The van der Waals surface area contributed by atoms with Crippen molar-refractivity contribution in [2.75, 3.05) is 25.9 Å². The van der Waals surface area contributed by atoms with Gasteiger partial charge in [0.15, 0.2) is 5.65 Å². The average Bonchev–Trinajstić information content (AvgIpc) is 2.72. The van der Waals surface area contributed by atoms with E-state index in [-0.39, 0.29) is 5.41 Å². The van der Waals surface area contributed by atoms with Crippen LogP contribution < -0.4 is 5.73 Å². The monoisotopic (exact) mass is 273 g/mol. The summed E-state index contributed by atoms with van der Waals surface area (Å²) in [5, 5.41) is 0. The molecule has 5 nitrogen and oxygen atoms in total. The van der Waals surface area contributed by atoms with Crippen molar-refractivity contribution in [3.05, 3.63) is 17.8 Å². The van der Waals surface area contributed by atoms with Gasteiger partial charge >= 0.3 is 0 Å². The number of rotatable bonds is 2. The van der Waals surface area contributed by atoms with E-state index < -0.39 is 0 Å². The van der Waals surface area contributed by atoms with E-state index in [2.05, 4.69) is 40.3 Å². The number of nitrogens with zero attached hydrogens (tertiary/aromatic N) is 4. The molecule has 0 bridgehead atoms. The summed E-state index contributed by atoms with van der Waals surface area (Å²) < 4.78 is 2.09. The van der Waals surface area contributed by atoms with Gasteiger partial charge in [-0.1, -0.05) is 6.92 Å². The van der Waals surface area contributed by atoms with Crippen LogP contribution in [0.3, 0.4) is 0 Å². The molecule has 2 aromatic heterocycles. The smallest absolute Gasteiger partial charge is 0.202 e. The summed E-state index contributed by atoms with van der Waals surface area (Å²) in [6.07, 6.45) is 4.22. The SMILES string of the molecule is Cc1ccnc2c1nc(N)n2CC1(C)CCN(C)CC1. The molecule has 20 heavy (non-hydrogen) atoms. The van der Waals surface area contributed by atoms with Crippen molar-refractivity contribution in [3.8, 4) is 0 Å². The van der Waals surface area contributed by atoms with E-state index in [0.717, 1.165) is 36.4 Å². The third-order valence-electron chi connectivity index (χ3n) is 4.60. The largest absolute Gasteiger partial charge is 0.369 e. The van der Waals surface area contributed by atoms with E-state index >= 15 is 0 Å². The Morgan fingerprint density at radius 1 is 1.35 bits per heavy atom. The third kappa shape index (κ3) is 2.26. The van der Waals surface area contributed by atoms with Gasteiger partial charge in [-0.3, -0.25) is 4.57 Å². The Labute approximate surface area is 119 Å². The first-order valence-electron chi connectivity index (χ1n) is 7.24. The highest BCUT2D eigenvalue weighted by molar-refractivity contribution is 5.77. The molecule has 1 saturated heterocycles. The lowest BCUT2D eigenvalue weighted by Gasteiger charge is -2.38. The Kier molecular flexibility index (Phi) is 3.17. The fraction of sp³-hybridized carbons (Fsp3) is 0.600. The van der Waals surface area contributed by atoms with Crippen molar-refractivity contribution in [2.24, 2.45) is 5.41 Å². The predicted octanol–water partition coefficient (Wildman–Crippen LogP) is 2.05. The first-order chi connectivity index (χ1) is 9.48. The maximum Gasteiger partial charge on any atom is 0.202 e. The molecule has 0 radical (unpaired) electrons. The normalized spacial score (nSPS) is 19.6. The van der Waals surface area contributed by atoms with Gasteiger partial charge in [-0.25, -0.2) is 9.97 Å². The predicted molar refractivity (Wildman–Crippen MR) is 81.5 cm³/mol. The number of hydrogen-bond donors (Lipinski definition) is 1. The number of aromatic nitrogens is 3. The van der Waals surface area contributed by atoms with E-state index in [9.17, 15) is 0 Å². The molecule has 2 N–H and O–H groups in total. The molecule has 0 unspecified atom stereocenters. The number of imidazole rings is 1. The summed E-state index contributed by atoms with van der Waals surface area (Å²) in [7, 11) is 2.19. The van der Waals surface area contributed by atoms with Crippen LogP contribution in [0.25, 0.3) is 11.2 Å². The zero-order chi connectivity index (χ0) is 14.3. The molecule has 5 heteroatoms. The number of nitrogen functional groups attached to an aromatic ring is 1. The Morgan fingerprint density at radius 3 is 2.75 bits per heavy atom. The number of nitrogens with two attached hydrogens (primary N) is 1. The van der Waals surface area contributed by atoms with Crippen LogP contribution in [0.1, 0.15) is 25.3 Å². The molecule has 3 rings (SSSR count). The van der Waals surface area contributed by atoms with Gasteiger partial charge in [0.05, 0.1) is 0 Å². The van der Waals surface area contributed by atoms with Crippen molar-refractivity contribution < 1.29 is 0 Å². The van der Waals surface area contributed by atoms with Gasteiger partial charge in [0.1, 0.15) is 5.52 Å². The molecule has 0 atom stereocenters. The fourth-order valence-corrected chi connectivity index (χ4v) is 3.01. The highest BCUT2D eigenvalue weighted by Gasteiger charge is 2.30. The van der Waals surface area contributed by atoms with Gasteiger partial charge in [-0.15, -0.1) is 0 Å². The molecule has 1 aliphatic rings. The van der Waals surface area contributed by atoms with Crippen molar-refractivity contribution in [2.45, 2.75) is 33.2 Å². The van der Waals surface area contributed by atoms with Gasteiger partial charge in [0.2, 0.25) is 5.95 Å². The summed E-state index contributed by atoms with van der Waals surface area (Å²) in [4.78, 5) is 11.4. The molecule has 108 valence electrons. The van der Waals surface area contributed by atoms with Gasteiger partial charge < -0.3 is 10.6 Å². The molecular weight excluding hydrogens is 250 g/mol. The van der Waals surface area contributed by atoms with Crippen molar-refractivity contribution in [1.29, 1.82) is 0 Å². The van der Waals surface area contributed by atoms with Crippen molar-refractivity contribution in [3.63, 3.8) is 0 Å². The topological polar surface area (TPSA) is 60.0 Å². The number of likely N-dealkylation sites (tertiary alicyclic amines) is 1. The third-order valence-corrected chi connectivity index (χ3v) is 4.60. The standard InChI is InChI=1S/C15H23N5/c1-11-4-7-17-13-12(11)18-14(16)20(13)10-15(2)5-8-19(3)9-6-15/h4,7H,5-6,8-10H2,1-3H3,(H2,16,18). The van der Waals surface area contributed by atoms with Crippen LogP contribution in [-0.4, -0.2) is 39.6 Å². The Hall–Kier alpha value is -1.62. The molecule has 0 amide bonds. The zero-order valence-electron chi connectivity index (χ0n) is 12.6. The second-order valence-corrected chi connectivity index (χ2v) is 6.47. The Morgan fingerprint density at radius 2 is 2.05 bits per heavy atom. The lowest BCUT2D eigenvalue weighted by molar-refractivity contribution is 0.122. The minimum absolute atomic E-state index is 0.277. The first kappa shape index (κ1) is 13.4. The van der Waals surface area contributed by atoms with Crippen LogP contribution in [0, 0.1) is 12.3 Å². The fourth-order valence-electron chi connectivity index (χ4n) is 3.01. The molecular formula is C15H23N5. The van der Waals surface area contributed by atoms with Gasteiger partial charge in [0, 0.05) is 12.7 Å². The van der Waals surface area contributed by atoms with Crippen LogP contribution in [0.4, 0.5) is 5.95 Å². The number of fused-ring (bicyclic) bond motifs is 1. The Balaban J connectivity index is 1.95. The van der Waals surface area contributed by atoms with Crippen LogP contribution >= 0.6 is 0 Å². The quantitative estimate of drug-likeness (QED) is 0.910. The molecule has 3 heterocycles. The van der Waals surface area contributed by atoms with E-state index in [1.165, 1.54) is 12.8 Å². The molecule has 2 aromatic rings. The maximum atomic E-state index is 6.13. The highest BCUT2D eigenvalue weighted by atomic mass is 15.2. The number of aryl methyl sites for hydroxylation is 1. The van der Waals surface area contributed by atoms with Crippen LogP contribution in [0.15, 0.2) is 12.3 Å². The molecule has 0 aromatic carbocycles. The molecule has 0 aliphatic carbocycles. The van der Waals surface area contributed by atoms with Gasteiger partial charge in [0.25, 0.3) is 0 Å².